The van der Waals surface area contributed by atoms with Gasteiger partial charge in [0.05, 0.1) is 0 Å². The minimum absolute atomic E-state index is 0.918. The summed E-state index contributed by atoms with van der Waals surface area (Å²) in [7, 11) is 0. The van der Waals surface area contributed by atoms with E-state index in [4.69, 9.17) is 0 Å². The summed E-state index contributed by atoms with van der Waals surface area (Å²) < 4.78 is 0. The van der Waals surface area contributed by atoms with Crippen molar-refractivity contribution in [3.05, 3.63) is 0 Å². The maximum Gasteiger partial charge on any atom is 0.0100 e. The van der Waals surface area contributed by atoms with Gasteiger partial charge in [0.2, 0.25) is 0 Å². The predicted molar refractivity (Wildman–Crippen MR) is 77.4 cm³/mol. The zero-order chi connectivity index (χ0) is 12.7. The molecule has 0 bridgehead atoms. The number of nitrogens with zero attached hydrogens (tertiary/aromatic N) is 1. The van der Waals surface area contributed by atoms with Crippen LogP contribution in [0.1, 0.15) is 72.6 Å². The third-order valence-electron chi connectivity index (χ3n) is 4.60. The summed E-state index contributed by atoms with van der Waals surface area (Å²) >= 11 is 0. The molecule has 1 saturated carbocycles. The number of hydrogen-bond donors (Lipinski definition) is 0. The van der Waals surface area contributed by atoms with Gasteiger partial charge in [0.15, 0.2) is 0 Å². The largest absolute Gasteiger partial charge is 0.300 e. The quantitative estimate of drug-likeness (QED) is 0.563. The summed E-state index contributed by atoms with van der Waals surface area (Å²) in [6, 6.07) is 0.918. The zero-order valence-electron chi connectivity index (χ0n) is 12.5. The van der Waals surface area contributed by atoms with Crippen molar-refractivity contribution in [3.8, 4) is 0 Å². The highest BCUT2D eigenvalue weighted by Crippen LogP contribution is 2.34. The molecule has 1 nitrogen and oxygen atoms in total. The van der Waals surface area contributed by atoms with Crippen LogP contribution < -0.4 is 0 Å². The van der Waals surface area contributed by atoms with Gasteiger partial charge in [0.1, 0.15) is 0 Å². The molecule has 1 heteroatoms. The summed E-state index contributed by atoms with van der Waals surface area (Å²) in [4.78, 5) is 2.77. The van der Waals surface area contributed by atoms with E-state index in [0.29, 0.717) is 0 Å². The fraction of sp³-hybridized carbons (Fsp3) is 1.00. The van der Waals surface area contributed by atoms with Crippen LogP contribution in [0.4, 0.5) is 0 Å². The zero-order valence-corrected chi connectivity index (χ0v) is 12.5. The molecular weight excluding hydrogens is 206 g/mol. The molecule has 0 amide bonds. The average Bonchev–Trinajstić information content (AvgIpc) is 2.26. The molecule has 0 unspecified atom stereocenters. The second kappa shape index (κ2) is 8.13. The van der Waals surface area contributed by atoms with E-state index in [-0.39, 0.29) is 0 Å². The Bertz CT molecular complexity index is 178. The third kappa shape index (κ3) is 4.62. The van der Waals surface area contributed by atoms with Gasteiger partial charge in [-0.1, -0.05) is 47.0 Å². The van der Waals surface area contributed by atoms with Crippen molar-refractivity contribution in [3.63, 3.8) is 0 Å². The molecule has 0 atom stereocenters. The number of rotatable bonds is 9. The standard InChI is InChI=1S/C16H33N/c1-5-9-15(10-6-2)13-17(8-4)16-11-14(7-3)12-16/h14-16H,5-13H2,1-4H3. The van der Waals surface area contributed by atoms with E-state index in [2.05, 4.69) is 32.6 Å². The first kappa shape index (κ1) is 15.0. The lowest BCUT2D eigenvalue weighted by atomic mass is 9.77. The molecule has 1 aliphatic rings. The van der Waals surface area contributed by atoms with Gasteiger partial charge in [-0.15, -0.1) is 0 Å². The normalized spacial score (nSPS) is 24.4. The molecule has 0 N–H and O–H groups in total. The lowest BCUT2D eigenvalue weighted by Crippen LogP contribution is -2.46. The number of hydrogen-bond acceptors (Lipinski definition) is 1. The highest BCUT2D eigenvalue weighted by molar-refractivity contribution is 4.86. The topological polar surface area (TPSA) is 3.24 Å². The van der Waals surface area contributed by atoms with Crippen molar-refractivity contribution >= 4 is 0 Å². The molecule has 1 fully saturated rings. The Balaban J connectivity index is 2.34. The van der Waals surface area contributed by atoms with Crippen LogP contribution in [0.3, 0.4) is 0 Å². The average molecular weight is 239 g/mol. The summed E-state index contributed by atoms with van der Waals surface area (Å²) in [5.41, 5.74) is 0. The van der Waals surface area contributed by atoms with Gasteiger partial charge < -0.3 is 4.90 Å². The fourth-order valence-electron chi connectivity index (χ4n) is 3.34. The van der Waals surface area contributed by atoms with E-state index >= 15 is 0 Å². The van der Waals surface area contributed by atoms with Crippen LogP contribution in [0.2, 0.25) is 0 Å². The van der Waals surface area contributed by atoms with E-state index in [1.54, 1.807) is 0 Å². The van der Waals surface area contributed by atoms with Crippen molar-refractivity contribution in [2.24, 2.45) is 11.8 Å². The van der Waals surface area contributed by atoms with Gasteiger partial charge in [0.25, 0.3) is 0 Å². The third-order valence-corrected chi connectivity index (χ3v) is 4.60. The Morgan fingerprint density at radius 1 is 1.00 bits per heavy atom. The van der Waals surface area contributed by atoms with Crippen LogP contribution in [0.5, 0.6) is 0 Å². The maximum atomic E-state index is 2.77. The lowest BCUT2D eigenvalue weighted by Gasteiger charge is -2.43. The van der Waals surface area contributed by atoms with Gasteiger partial charge in [-0.25, -0.2) is 0 Å². The van der Waals surface area contributed by atoms with E-state index in [1.165, 1.54) is 58.0 Å². The molecule has 0 aliphatic heterocycles. The van der Waals surface area contributed by atoms with Crippen molar-refractivity contribution in [1.29, 1.82) is 0 Å². The molecule has 0 radical (unpaired) electrons. The van der Waals surface area contributed by atoms with Crippen molar-refractivity contribution in [1.82, 2.24) is 4.90 Å². The Hall–Kier alpha value is -0.0400. The molecule has 0 saturated heterocycles. The molecule has 0 aromatic rings. The molecule has 0 heterocycles. The molecule has 1 rings (SSSR count). The molecule has 0 spiro atoms. The Morgan fingerprint density at radius 3 is 2.00 bits per heavy atom. The first-order chi connectivity index (χ1) is 8.24. The minimum atomic E-state index is 0.918. The van der Waals surface area contributed by atoms with E-state index in [1.807, 2.05) is 0 Å². The lowest BCUT2D eigenvalue weighted by molar-refractivity contribution is 0.0641. The first-order valence-corrected chi connectivity index (χ1v) is 7.99. The second-order valence-corrected chi connectivity index (χ2v) is 5.93. The monoisotopic (exact) mass is 239 g/mol. The predicted octanol–water partition coefficient (Wildman–Crippen LogP) is 4.71. The van der Waals surface area contributed by atoms with Crippen LogP contribution >= 0.6 is 0 Å². The maximum absolute atomic E-state index is 2.77. The van der Waals surface area contributed by atoms with E-state index in [9.17, 15) is 0 Å². The Kier molecular flexibility index (Phi) is 7.18. The highest BCUT2D eigenvalue weighted by Gasteiger charge is 2.32. The molecule has 0 aromatic carbocycles. The smallest absolute Gasteiger partial charge is 0.0100 e. The van der Waals surface area contributed by atoms with E-state index in [0.717, 1.165) is 17.9 Å². The SMILES string of the molecule is CCCC(CCC)CN(CC)C1CC(CC)C1. The second-order valence-electron chi connectivity index (χ2n) is 5.93. The van der Waals surface area contributed by atoms with Crippen molar-refractivity contribution in [2.75, 3.05) is 13.1 Å². The van der Waals surface area contributed by atoms with Crippen LogP contribution in [0.25, 0.3) is 0 Å². The molecule has 1 aliphatic carbocycles. The minimum Gasteiger partial charge on any atom is -0.300 e. The highest BCUT2D eigenvalue weighted by atomic mass is 15.2. The molecular formula is C16H33N. The van der Waals surface area contributed by atoms with Crippen LogP contribution in [0, 0.1) is 11.8 Å². The Labute approximate surface area is 109 Å². The van der Waals surface area contributed by atoms with Crippen LogP contribution in [-0.2, 0) is 0 Å². The molecule has 17 heavy (non-hydrogen) atoms. The van der Waals surface area contributed by atoms with Crippen molar-refractivity contribution in [2.45, 2.75) is 78.7 Å². The molecule has 102 valence electrons. The van der Waals surface area contributed by atoms with Gasteiger partial charge in [-0.2, -0.15) is 0 Å². The Morgan fingerprint density at radius 2 is 1.59 bits per heavy atom. The first-order valence-electron chi connectivity index (χ1n) is 7.99. The fourth-order valence-corrected chi connectivity index (χ4v) is 3.34. The van der Waals surface area contributed by atoms with Gasteiger partial charge in [-0.3, -0.25) is 0 Å². The summed E-state index contributed by atoms with van der Waals surface area (Å²) in [5, 5.41) is 0. The van der Waals surface area contributed by atoms with Crippen LogP contribution in [0.15, 0.2) is 0 Å². The van der Waals surface area contributed by atoms with Gasteiger partial charge >= 0.3 is 0 Å². The molecule has 0 aromatic heterocycles. The van der Waals surface area contributed by atoms with Gasteiger partial charge in [0, 0.05) is 12.6 Å². The summed E-state index contributed by atoms with van der Waals surface area (Å²) in [6.07, 6.45) is 9.88. The van der Waals surface area contributed by atoms with E-state index < -0.39 is 0 Å². The van der Waals surface area contributed by atoms with Crippen LogP contribution in [-0.4, -0.2) is 24.0 Å². The van der Waals surface area contributed by atoms with Crippen molar-refractivity contribution < 1.29 is 0 Å². The summed E-state index contributed by atoms with van der Waals surface area (Å²) in [5.74, 6) is 1.98. The summed E-state index contributed by atoms with van der Waals surface area (Å²) in [6.45, 7) is 12.0. The van der Waals surface area contributed by atoms with Gasteiger partial charge in [-0.05, 0) is 44.1 Å².